The Balaban J connectivity index is 2.56. The van der Waals surface area contributed by atoms with Crippen LogP contribution in [0.5, 0.6) is 0 Å². The first-order chi connectivity index (χ1) is 7.26. The van der Waals surface area contributed by atoms with E-state index in [0.29, 0.717) is 6.54 Å². The number of aromatic nitrogens is 1. The van der Waals surface area contributed by atoms with E-state index < -0.39 is 0 Å². The van der Waals surface area contributed by atoms with E-state index in [0.717, 1.165) is 24.6 Å². The maximum absolute atomic E-state index is 8.78. The largest absolute Gasteiger partial charge is 0.395 e. The molecule has 0 aliphatic rings. The summed E-state index contributed by atoms with van der Waals surface area (Å²) in [4.78, 5) is 6.49. The number of rotatable bonds is 6. The molecule has 1 aromatic rings. The van der Waals surface area contributed by atoms with E-state index in [-0.39, 0.29) is 6.61 Å². The van der Waals surface area contributed by atoms with Gasteiger partial charge in [-0.05, 0) is 26.1 Å². The molecule has 0 radical (unpaired) electrons. The standard InChI is InChI=1S/C11H19N3O/c1-3-12-11-6-4-5-10(13-11)9-14(2)7-8-15/h4-6,15H,3,7-9H2,1-2H3,(H,12,13). The van der Waals surface area contributed by atoms with Gasteiger partial charge in [-0.1, -0.05) is 6.07 Å². The van der Waals surface area contributed by atoms with Crippen LogP contribution in [0.3, 0.4) is 0 Å². The predicted molar refractivity (Wildman–Crippen MR) is 61.8 cm³/mol. The number of hydrogen-bond acceptors (Lipinski definition) is 4. The molecule has 1 rings (SSSR count). The molecule has 0 fully saturated rings. The zero-order valence-electron chi connectivity index (χ0n) is 9.40. The minimum Gasteiger partial charge on any atom is -0.395 e. The van der Waals surface area contributed by atoms with Crippen molar-refractivity contribution in [1.29, 1.82) is 0 Å². The molecule has 0 atom stereocenters. The summed E-state index contributed by atoms with van der Waals surface area (Å²) in [5.41, 5.74) is 1.02. The average Bonchev–Trinajstić information content (AvgIpc) is 2.19. The minimum absolute atomic E-state index is 0.184. The summed E-state index contributed by atoms with van der Waals surface area (Å²) in [7, 11) is 1.97. The molecule has 4 heteroatoms. The van der Waals surface area contributed by atoms with Gasteiger partial charge in [0.1, 0.15) is 5.82 Å². The highest BCUT2D eigenvalue weighted by atomic mass is 16.3. The van der Waals surface area contributed by atoms with Crippen molar-refractivity contribution in [1.82, 2.24) is 9.88 Å². The van der Waals surface area contributed by atoms with Gasteiger partial charge < -0.3 is 10.4 Å². The van der Waals surface area contributed by atoms with Crippen LogP contribution in [0, 0.1) is 0 Å². The summed E-state index contributed by atoms with van der Waals surface area (Å²) in [6, 6.07) is 5.95. The number of pyridine rings is 1. The Bertz CT molecular complexity index is 291. The third-order valence-corrected chi connectivity index (χ3v) is 2.08. The van der Waals surface area contributed by atoms with Crippen molar-refractivity contribution in [3.05, 3.63) is 23.9 Å². The molecule has 0 aromatic carbocycles. The van der Waals surface area contributed by atoms with Gasteiger partial charge in [0.25, 0.3) is 0 Å². The van der Waals surface area contributed by atoms with E-state index in [1.807, 2.05) is 37.1 Å². The lowest BCUT2D eigenvalue weighted by atomic mass is 10.3. The Kier molecular flexibility index (Phi) is 5.07. The van der Waals surface area contributed by atoms with Crippen molar-refractivity contribution in [3.63, 3.8) is 0 Å². The number of anilines is 1. The van der Waals surface area contributed by atoms with Crippen LogP contribution in [0.25, 0.3) is 0 Å². The van der Waals surface area contributed by atoms with Crippen LogP contribution in [-0.2, 0) is 6.54 Å². The van der Waals surface area contributed by atoms with Gasteiger partial charge in [0.05, 0.1) is 12.3 Å². The summed E-state index contributed by atoms with van der Waals surface area (Å²) in [6.07, 6.45) is 0. The van der Waals surface area contributed by atoms with E-state index in [9.17, 15) is 0 Å². The number of aliphatic hydroxyl groups excluding tert-OH is 1. The lowest BCUT2D eigenvalue weighted by molar-refractivity contribution is 0.216. The Morgan fingerprint density at radius 2 is 2.27 bits per heavy atom. The van der Waals surface area contributed by atoms with E-state index in [4.69, 9.17) is 5.11 Å². The number of nitrogens with zero attached hydrogens (tertiary/aromatic N) is 2. The number of likely N-dealkylation sites (N-methyl/N-ethyl adjacent to an activating group) is 1. The van der Waals surface area contributed by atoms with Gasteiger partial charge in [0.15, 0.2) is 0 Å². The van der Waals surface area contributed by atoms with E-state index >= 15 is 0 Å². The first-order valence-electron chi connectivity index (χ1n) is 5.25. The van der Waals surface area contributed by atoms with Crippen LogP contribution in [0.2, 0.25) is 0 Å². The fourth-order valence-corrected chi connectivity index (χ4v) is 1.37. The maximum Gasteiger partial charge on any atom is 0.126 e. The highest BCUT2D eigenvalue weighted by Gasteiger charge is 2.01. The molecule has 0 unspecified atom stereocenters. The van der Waals surface area contributed by atoms with Gasteiger partial charge >= 0.3 is 0 Å². The summed E-state index contributed by atoms with van der Waals surface area (Å²) in [5.74, 6) is 0.910. The molecule has 0 bridgehead atoms. The number of nitrogens with one attached hydrogen (secondary N) is 1. The molecule has 0 spiro atoms. The first-order valence-corrected chi connectivity index (χ1v) is 5.25. The van der Waals surface area contributed by atoms with Crippen LogP contribution < -0.4 is 5.32 Å². The zero-order chi connectivity index (χ0) is 11.1. The molecular formula is C11H19N3O. The summed E-state index contributed by atoms with van der Waals surface area (Å²) in [5, 5.41) is 12.0. The fraction of sp³-hybridized carbons (Fsp3) is 0.545. The van der Waals surface area contributed by atoms with Gasteiger partial charge in [-0.2, -0.15) is 0 Å². The third-order valence-electron chi connectivity index (χ3n) is 2.08. The van der Waals surface area contributed by atoms with Gasteiger partial charge in [-0.15, -0.1) is 0 Å². The number of aliphatic hydroxyl groups is 1. The number of hydrogen-bond donors (Lipinski definition) is 2. The van der Waals surface area contributed by atoms with Crippen molar-refractivity contribution in [2.75, 3.05) is 32.1 Å². The molecule has 1 aromatic heterocycles. The Morgan fingerprint density at radius 1 is 1.47 bits per heavy atom. The van der Waals surface area contributed by atoms with Crippen LogP contribution >= 0.6 is 0 Å². The maximum atomic E-state index is 8.78. The summed E-state index contributed by atoms with van der Waals surface area (Å²) in [6.45, 7) is 4.55. The molecule has 0 aliphatic heterocycles. The van der Waals surface area contributed by atoms with Crippen molar-refractivity contribution < 1.29 is 5.11 Å². The smallest absolute Gasteiger partial charge is 0.126 e. The molecule has 15 heavy (non-hydrogen) atoms. The zero-order valence-corrected chi connectivity index (χ0v) is 9.40. The molecular weight excluding hydrogens is 190 g/mol. The second kappa shape index (κ2) is 6.37. The van der Waals surface area contributed by atoms with Crippen LogP contribution in [-0.4, -0.2) is 41.7 Å². The topological polar surface area (TPSA) is 48.4 Å². The normalized spacial score (nSPS) is 10.7. The van der Waals surface area contributed by atoms with Gasteiger partial charge in [0.2, 0.25) is 0 Å². The fourth-order valence-electron chi connectivity index (χ4n) is 1.37. The molecule has 84 valence electrons. The first kappa shape index (κ1) is 11.9. The van der Waals surface area contributed by atoms with E-state index in [2.05, 4.69) is 10.3 Å². The van der Waals surface area contributed by atoms with Crippen molar-refractivity contribution >= 4 is 5.82 Å². The van der Waals surface area contributed by atoms with Gasteiger partial charge in [-0.25, -0.2) is 4.98 Å². The SMILES string of the molecule is CCNc1cccc(CN(C)CCO)n1. The van der Waals surface area contributed by atoms with E-state index in [1.54, 1.807) is 0 Å². The van der Waals surface area contributed by atoms with Crippen molar-refractivity contribution in [2.45, 2.75) is 13.5 Å². The Morgan fingerprint density at radius 3 is 2.93 bits per heavy atom. The highest BCUT2D eigenvalue weighted by molar-refractivity contribution is 5.34. The molecule has 0 saturated carbocycles. The second-order valence-corrected chi connectivity index (χ2v) is 3.51. The minimum atomic E-state index is 0.184. The molecule has 0 saturated heterocycles. The van der Waals surface area contributed by atoms with Crippen LogP contribution in [0.15, 0.2) is 18.2 Å². The lowest BCUT2D eigenvalue weighted by Gasteiger charge is -2.14. The molecule has 0 amide bonds. The van der Waals surface area contributed by atoms with Crippen LogP contribution in [0.1, 0.15) is 12.6 Å². The average molecular weight is 209 g/mol. The molecule has 1 heterocycles. The second-order valence-electron chi connectivity index (χ2n) is 3.51. The van der Waals surface area contributed by atoms with Crippen molar-refractivity contribution in [3.8, 4) is 0 Å². The van der Waals surface area contributed by atoms with Crippen molar-refractivity contribution in [2.24, 2.45) is 0 Å². The van der Waals surface area contributed by atoms with Gasteiger partial charge in [-0.3, -0.25) is 4.90 Å². The molecule has 0 aliphatic carbocycles. The van der Waals surface area contributed by atoms with E-state index in [1.165, 1.54) is 0 Å². The Labute approximate surface area is 90.9 Å². The highest BCUT2D eigenvalue weighted by Crippen LogP contribution is 2.06. The Hall–Kier alpha value is -1.13. The monoisotopic (exact) mass is 209 g/mol. The third kappa shape index (κ3) is 4.27. The molecule has 4 nitrogen and oxygen atoms in total. The summed E-state index contributed by atoms with van der Waals surface area (Å²) < 4.78 is 0. The van der Waals surface area contributed by atoms with Gasteiger partial charge in [0, 0.05) is 19.6 Å². The molecule has 2 N–H and O–H groups in total. The predicted octanol–water partition coefficient (Wildman–Crippen LogP) is 0.937. The lowest BCUT2D eigenvalue weighted by Crippen LogP contribution is -2.22. The quantitative estimate of drug-likeness (QED) is 0.732. The summed E-state index contributed by atoms with van der Waals surface area (Å²) >= 11 is 0. The van der Waals surface area contributed by atoms with Crippen LogP contribution in [0.4, 0.5) is 5.82 Å².